The second-order valence-electron chi connectivity index (χ2n) is 5.19. The van der Waals surface area contributed by atoms with Gasteiger partial charge in [0, 0.05) is 26.7 Å². The van der Waals surface area contributed by atoms with Gasteiger partial charge in [0.15, 0.2) is 0 Å². The zero-order chi connectivity index (χ0) is 15.1. The van der Waals surface area contributed by atoms with Crippen LogP contribution in [0.25, 0.3) is 0 Å². The van der Waals surface area contributed by atoms with Gasteiger partial charge in [-0.25, -0.2) is 9.59 Å². The van der Waals surface area contributed by atoms with E-state index in [0.29, 0.717) is 38.6 Å². The molecule has 1 saturated heterocycles. The van der Waals surface area contributed by atoms with Gasteiger partial charge in [-0.3, -0.25) is 0 Å². The van der Waals surface area contributed by atoms with Crippen molar-refractivity contribution in [2.75, 3.05) is 33.4 Å². The first kappa shape index (κ1) is 16.5. The number of methoxy groups -OCH3 is 1. The lowest BCUT2D eigenvalue weighted by Crippen LogP contribution is -2.54. The van der Waals surface area contributed by atoms with E-state index in [1.807, 2.05) is 6.92 Å². The van der Waals surface area contributed by atoms with Crippen LogP contribution in [0.2, 0.25) is 0 Å². The number of ether oxygens (including phenoxy) is 1. The van der Waals surface area contributed by atoms with Crippen LogP contribution in [0, 0.1) is 5.92 Å². The number of aliphatic carboxylic acids is 1. The largest absolute Gasteiger partial charge is 0.480 e. The number of likely N-dealkylation sites (tertiary alicyclic amines) is 1. The van der Waals surface area contributed by atoms with Crippen LogP contribution >= 0.6 is 0 Å². The molecule has 0 aromatic heterocycles. The fourth-order valence-electron chi connectivity index (χ4n) is 2.41. The molecule has 0 aromatic rings. The molecule has 0 aromatic carbocycles. The fourth-order valence-corrected chi connectivity index (χ4v) is 2.41. The molecule has 1 rings (SSSR count). The molecule has 6 nitrogen and oxygen atoms in total. The van der Waals surface area contributed by atoms with E-state index >= 15 is 0 Å². The Labute approximate surface area is 120 Å². The minimum Gasteiger partial charge on any atom is -0.480 e. The second-order valence-corrected chi connectivity index (χ2v) is 5.19. The number of rotatable bonds is 6. The summed E-state index contributed by atoms with van der Waals surface area (Å²) in [6.45, 7) is 7.37. The SMILES string of the molecule is C=CCN(CCOC)C(=O)N1CCC(C)CC1C(=O)O. The number of carbonyl (C=O) groups excluding carboxylic acids is 1. The minimum absolute atomic E-state index is 0.249. The maximum atomic E-state index is 12.5. The van der Waals surface area contributed by atoms with E-state index in [-0.39, 0.29) is 6.03 Å². The summed E-state index contributed by atoms with van der Waals surface area (Å²) in [4.78, 5) is 26.9. The number of hydrogen-bond acceptors (Lipinski definition) is 3. The zero-order valence-electron chi connectivity index (χ0n) is 12.2. The highest BCUT2D eigenvalue weighted by molar-refractivity contribution is 5.83. The normalized spacial score (nSPS) is 22.4. The number of carbonyl (C=O) groups is 2. The number of piperidine rings is 1. The molecule has 114 valence electrons. The lowest BCUT2D eigenvalue weighted by atomic mass is 9.92. The van der Waals surface area contributed by atoms with Crippen molar-refractivity contribution in [1.29, 1.82) is 0 Å². The number of carboxylic acid groups (broad SMARTS) is 1. The summed E-state index contributed by atoms with van der Waals surface area (Å²) in [7, 11) is 1.57. The maximum Gasteiger partial charge on any atom is 0.326 e. The van der Waals surface area contributed by atoms with Gasteiger partial charge in [-0.05, 0) is 18.8 Å². The van der Waals surface area contributed by atoms with Gasteiger partial charge in [0.1, 0.15) is 6.04 Å². The topological polar surface area (TPSA) is 70.1 Å². The molecule has 20 heavy (non-hydrogen) atoms. The van der Waals surface area contributed by atoms with Crippen LogP contribution in [0.15, 0.2) is 12.7 Å². The predicted molar refractivity (Wildman–Crippen MR) is 75.6 cm³/mol. The summed E-state index contributed by atoms with van der Waals surface area (Å²) >= 11 is 0. The Bertz CT molecular complexity index is 359. The number of nitrogens with zero attached hydrogens (tertiary/aromatic N) is 2. The molecular weight excluding hydrogens is 260 g/mol. The molecule has 0 aliphatic carbocycles. The van der Waals surface area contributed by atoms with E-state index in [1.54, 1.807) is 18.1 Å². The standard InChI is InChI=1S/C14H24N2O4/c1-4-6-15(8-9-20-3)14(19)16-7-5-11(2)10-12(16)13(17)18/h4,11-12H,1,5-10H2,2-3H3,(H,17,18). The van der Waals surface area contributed by atoms with Gasteiger partial charge in [0.25, 0.3) is 0 Å². The molecule has 2 amide bonds. The van der Waals surface area contributed by atoms with Gasteiger partial charge in [-0.1, -0.05) is 13.0 Å². The summed E-state index contributed by atoms with van der Waals surface area (Å²) in [5.41, 5.74) is 0. The minimum atomic E-state index is -0.935. The molecular formula is C14H24N2O4. The first-order chi connectivity index (χ1) is 9.51. The van der Waals surface area contributed by atoms with Crippen molar-refractivity contribution in [3.8, 4) is 0 Å². The highest BCUT2D eigenvalue weighted by Crippen LogP contribution is 2.23. The summed E-state index contributed by atoms with van der Waals surface area (Å²) in [5.74, 6) is -0.609. The second kappa shape index (κ2) is 7.89. The van der Waals surface area contributed by atoms with Gasteiger partial charge in [-0.15, -0.1) is 6.58 Å². The molecule has 0 spiro atoms. The summed E-state index contributed by atoms with van der Waals surface area (Å²) in [6.07, 6.45) is 2.98. The predicted octanol–water partition coefficient (Wildman–Crippen LogP) is 1.43. The first-order valence-corrected chi connectivity index (χ1v) is 6.89. The van der Waals surface area contributed by atoms with Crippen molar-refractivity contribution < 1.29 is 19.4 Å². The smallest absolute Gasteiger partial charge is 0.326 e. The van der Waals surface area contributed by atoms with Crippen LogP contribution in [0.3, 0.4) is 0 Å². The number of carboxylic acids is 1. The van der Waals surface area contributed by atoms with Crippen molar-refractivity contribution in [3.05, 3.63) is 12.7 Å². The maximum absolute atomic E-state index is 12.5. The molecule has 0 radical (unpaired) electrons. The van der Waals surface area contributed by atoms with Crippen molar-refractivity contribution in [1.82, 2.24) is 9.80 Å². The Morgan fingerprint density at radius 2 is 2.25 bits per heavy atom. The Morgan fingerprint density at radius 3 is 2.80 bits per heavy atom. The molecule has 2 atom stereocenters. The van der Waals surface area contributed by atoms with E-state index in [2.05, 4.69) is 6.58 Å². The molecule has 1 fully saturated rings. The molecule has 1 heterocycles. The quantitative estimate of drug-likeness (QED) is 0.749. The Balaban J connectivity index is 2.79. The molecule has 1 aliphatic rings. The van der Waals surface area contributed by atoms with Gasteiger partial charge in [-0.2, -0.15) is 0 Å². The average molecular weight is 284 g/mol. The van der Waals surface area contributed by atoms with Gasteiger partial charge in [0.05, 0.1) is 6.61 Å². The Hall–Kier alpha value is -1.56. The van der Waals surface area contributed by atoms with E-state index in [4.69, 9.17) is 4.74 Å². The molecule has 0 saturated carbocycles. The molecule has 0 bridgehead atoms. The number of hydrogen-bond donors (Lipinski definition) is 1. The van der Waals surface area contributed by atoms with Crippen LogP contribution in [0.1, 0.15) is 19.8 Å². The number of urea groups is 1. The van der Waals surface area contributed by atoms with E-state index in [9.17, 15) is 14.7 Å². The fraction of sp³-hybridized carbons (Fsp3) is 0.714. The van der Waals surface area contributed by atoms with Crippen molar-refractivity contribution in [3.63, 3.8) is 0 Å². The third-order valence-corrected chi connectivity index (χ3v) is 3.58. The third kappa shape index (κ3) is 4.23. The van der Waals surface area contributed by atoms with Crippen LogP contribution in [0.5, 0.6) is 0 Å². The summed E-state index contributed by atoms with van der Waals surface area (Å²) < 4.78 is 4.98. The lowest BCUT2D eigenvalue weighted by molar-refractivity contribution is -0.144. The van der Waals surface area contributed by atoms with Crippen LogP contribution < -0.4 is 0 Å². The Morgan fingerprint density at radius 1 is 1.55 bits per heavy atom. The lowest BCUT2D eigenvalue weighted by Gasteiger charge is -2.38. The average Bonchev–Trinajstić information content (AvgIpc) is 2.42. The summed E-state index contributed by atoms with van der Waals surface area (Å²) in [6, 6.07) is -0.984. The van der Waals surface area contributed by atoms with E-state index in [0.717, 1.165) is 6.42 Å². The van der Waals surface area contributed by atoms with Crippen LogP contribution in [0.4, 0.5) is 4.79 Å². The van der Waals surface area contributed by atoms with Gasteiger partial charge < -0.3 is 19.6 Å². The third-order valence-electron chi connectivity index (χ3n) is 3.58. The molecule has 6 heteroatoms. The van der Waals surface area contributed by atoms with Gasteiger partial charge >= 0.3 is 12.0 Å². The molecule has 2 unspecified atom stereocenters. The zero-order valence-corrected chi connectivity index (χ0v) is 12.2. The Kier molecular flexibility index (Phi) is 6.51. The summed E-state index contributed by atoms with van der Waals surface area (Å²) in [5, 5.41) is 9.31. The highest BCUT2D eigenvalue weighted by Gasteiger charge is 2.36. The molecule has 1 N–H and O–H groups in total. The van der Waals surface area contributed by atoms with Crippen LogP contribution in [-0.4, -0.2) is 66.3 Å². The van der Waals surface area contributed by atoms with Crippen molar-refractivity contribution >= 4 is 12.0 Å². The number of amides is 2. The van der Waals surface area contributed by atoms with Gasteiger partial charge in [0.2, 0.25) is 0 Å². The molecule has 1 aliphatic heterocycles. The monoisotopic (exact) mass is 284 g/mol. The van der Waals surface area contributed by atoms with Crippen molar-refractivity contribution in [2.45, 2.75) is 25.8 Å². The van der Waals surface area contributed by atoms with E-state index in [1.165, 1.54) is 4.90 Å². The van der Waals surface area contributed by atoms with E-state index < -0.39 is 12.0 Å². The van der Waals surface area contributed by atoms with Crippen molar-refractivity contribution in [2.24, 2.45) is 5.92 Å². The first-order valence-electron chi connectivity index (χ1n) is 6.89. The van der Waals surface area contributed by atoms with Crippen LogP contribution in [-0.2, 0) is 9.53 Å². The highest BCUT2D eigenvalue weighted by atomic mass is 16.5.